The summed E-state index contributed by atoms with van der Waals surface area (Å²) in [6.07, 6.45) is -3.19. The first-order valence-corrected chi connectivity index (χ1v) is 17.9. The zero-order valence-corrected chi connectivity index (χ0v) is 31.4. The first-order chi connectivity index (χ1) is 25.8. The molecule has 302 valence electrons. The Hall–Kier alpha value is -5.45. The summed E-state index contributed by atoms with van der Waals surface area (Å²) < 4.78 is 27.4. The van der Waals surface area contributed by atoms with Crippen LogP contribution in [0.1, 0.15) is 71.4 Å². The molecule has 17 heteroatoms. The molecule has 0 aromatic heterocycles. The van der Waals surface area contributed by atoms with Gasteiger partial charge in [-0.2, -0.15) is 0 Å². The molecule has 0 saturated carbocycles. The number of carbonyl (C=O) groups is 7. The Labute approximate surface area is 318 Å². The lowest BCUT2D eigenvalue weighted by molar-refractivity contribution is -0.143. The second-order valence-corrected chi connectivity index (χ2v) is 14.1. The summed E-state index contributed by atoms with van der Waals surface area (Å²) in [5.41, 5.74) is 0.547. The van der Waals surface area contributed by atoms with E-state index >= 15 is 0 Å². The summed E-state index contributed by atoms with van der Waals surface area (Å²) in [7, 11) is 0. The number of carboxylic acids is 2. The SMILES string of the molecule is CC(C)CC(NC(=O)Cc1ccc(F)cc1F)[C@@H](O)CC(=O)N[C@@H](C(=O)N[C@H](C)C(=O)N[C@H](CCC(=O)O)C(=O)N[C@H](Cc1ccccc1)C(=O)O)C(C)C. The van der Waals surface area contributed by atoms with Gasteiger partial charge in [0.2, 0.25) is 29.5 Å². The molecular formula is C38H51F2N5O10. The standard InChI is InChI=1S/C38H51F2N5O10/c1-20(2)15-28(42-31(47)17-24-11-12-25(39)18-26(24)40)30(46)19-32(48)45-34(21(3)4)37(53)41-22(5)35(51)43-27(13-14-33(49)50)36(52)44-29(38(54)55)16-23-9-7-6-8-10-23/h6-12,18,20-22,27-30,34,46H,13-17,19H2,1-5H3,(H,41,53)(H,42,47)(H,43,51)(H,44,52)(H,45,48)(H,49,50)(H,54,55)/t22-,27-,28?,29-,30+,34-/m1/s1. The van der Waals surface area contributed by atoms with Crippen LogP contribution in [0, 0.1) is 23.5 Å². The first kappa shape index (κ1) is 45.7. The van der Waals surface area contributed by atoms with E-state index in [0.29, 0.717) is 11.6 Å². The molecule has 1 unspecified atom stereocenters. The molecule has 15 nitrogen and oxygen atoms in total. The van der Waals surface area contributed by atoms with Crippen molar-refractivity contribution >= 4 is 41.5 Å². The molecule has 0 aliphatic rings. The lowest BCUT2D eigenvalue weighted by Crippen LogP contribution is -2.58. The molecule has 55 heavy (non-hydrogen) atoms. The second kappa shape index (κ2) is 22.1. The molecule has 8 N–H and O–H groups in total. The Bertz CT molecular complexity index is 1660. The van der Waals surface area contributed by atoms with Gasteiger partial charge in [-0.15, -0.1) is 0 Å². The smallest absolute Gasteiger partial charge is 0.326 e. The van der Waals surface area contributed by atoms with Crippen LogP contribution in [0.5, 0.6) is 0 Å². The molecule has 2 rings (SSSR count). The van der Waals surface area contributed by atoms with E-state index in [0.717, 1.165) is 12.1 Å². The van der Waals surface area contributed by atoms with Gasteiger partial charge in [-0.25, -0.2) is 13.6 Å². The van der Waals surface area contributed by atoms with Gasteiger partial charge in [0.25, 0.3) is 0 Å². The maximum absolute atomic E-state index is 14.1. The Kier molecular flexibility index (Phi) is 18.3. The highest BCUT2D eigenvalue weighted by atomic mass is 19.1. The number of nitrogens with one attached hydrogen (secondary N) is 5. The van der Waals surface area contributed by atoms with Crippen molar-refractivity contribution in [2.45, 2.75) is 109 Å². The van der Waals surface area contributed by atoms with Crippen LogP contribution in [0.4, 0.5) is 8.78 Å². The fraction of sp³-hybridized carbons (Fsp3) is 0.500. The highest BCUT2D eigenvalue weighted by Gasteiger charge is 2.32. The topological polar surface area (TPSA) is 240 Å². The van der Waals surface area contributed by atoms with Crippen molar-refractivity contribution in [3.63, 3.8) is 0 Å². The number of benzene rings is 2. The normalized spacial score (nSPS) is 14.4. The third-order valence-corrected chi connectivity index (χ3v) is 8.49. The minimum absolute atomic E-state index is 0.0462. The van der Waals surface area contributed by atoms with Crippen LogP contribution in [-0.4, -0.2) is 93.1 Å². The number of hydrogen-bond acceptors (Lipinski definition) is 8. The molecular weight excluding hydrogens is 724 g/mol. The first-order valence-electron chi connectivity index (χ1n) is 17.9. The number of rotatable bonds is 22. The number of aliphatic hydroxyl groups is 1. The van der Waals surface area contributed by atoms with Crippen molar-refractivity contribution in [1.82, 2.24) is 26.6 Å². The molecule has 0 saturated heterocycles. The number of halogens is 2. The molecule has 0 aliphatic carbocycles. The van der Waals surface area contributed by atoms with E-state index in [1.54, 1.807) is 44.2 Å². The third kappa shape index (κ3) is 16.2. The van der Waals surface area contributed by atoms with E-state index in [9.17, 15) is 57.7 Å². The highest BCUT2D eigenvalue weighted by Crippen LogP contribution is 2.15. The number of carbonyl (C=O) groups excluding carboxylic acids is 5. The van der Waals surface area contributed by atoms with Crippen LogP contribution in [0.15, 0.2) is 48.5 Å². The van der Waals surface area contributed by atoms with E-state index < -0.39 is 115 Å². The van der Waals surface area contributed by atoms with Crippen molar-refractivity contribution in [2.75, 3.05) is 0 Å². The van der Waals surface area contributed by atoms with E-state index in [1.165, 1.54) is 6.92 Å². The lowest BCUT2D eigenvalue weighted by atomic mass is 9.96. The Balaban J connectivity index is 2.06. The van der Waals surface area contributed by atoms with E-state index in [2.05, 4.69) is 26.6 Å². The molecule has 0 spiro atoms. The van der Waals surface area contributed by atoms with Crippen LogP contribution in [0.2, 0.25) is 0 Å². The molecule has 5 amide bonds. The number of aliphatic carboxylic acids is 2. The zero-order valence-electron chi connectivity index (χ0n) is 31.4. The third-order valence-electron chi connectivity index (χ3n) is 8.49. The minimum atomic E-state index is -1.48. The maximum Gasteiger partial charge on any atom is 0.326 e. The van der Waals surface area contributed by atoms with Crippen molar-refractivity contribution in [3.05, 3.63) is 71.3 Å². The fourth-order valence-electron chi connectivity index (χ4n) is 5.54. The highest BCUT2D eigenvalue weighted by molar-refractivity contribution is 5.95. The Morgan fingerprint density at radius 1 is 0.727 bits per heavy atom. The van der Waals surface area contributed by atoms with E-state index in [4.69, 9.17) is 0 Å². The summed E-state index contributed by atoms with van der Waals surface area (Å²) in [5.74, 6) is -8.99. The molecule has 0 radical (unpaired) electrons. The van der Waals surface area contributed by atoms with Crippen LogP contribution >= 0.6 is 0 Å². The van der Waals surface area contributed by atoms with Crippen LogP contribution in [0.3, 0.4) is 0 Å². The summed E-state index contributed by atoms with van der Waals surface area (Å²) in [4.78, 5) is 88.6. The summed E-state index contributed by atoms with van der Waals surface area (Å²) >= 11 is 0. The predicted octanol–water partition coefficient (Wildman–Crippen LogP) is 1.60. The minimum Gasteiger partial charge on any atom is -0.481 e. The van der Waals surface area contributed by atoms with Gasteiger partial charge in [0, 0.05) is 18.9 Å². The van der Waals surface area contributed by atoms with Crippen LogP contribution in [-0.2, 0) is 46.4 Å². The largest absolute Gasteiger partial charge is 0.481 e. The average molecular weight is 776 g/mol. The molecule has 2 aromatic rings. The number of aliphatic hydroxyl groups excluding tert-OH is 1. The predicted molar refractivity (Wildman–Crippen MR) is 195 cm³/mol. The van der Waals surface area contributed by atoms with Gasteiger partial charge in [0.1, 0.15) is 35.8 Å². The molecule has 0 heterocycles. The average Bonchev–Trinajstić information content (AvgIpc) is 3.09. The Morgan fingerprint density at radius 3 is 1.93 bits per heavy atom. The number of carboxylic acid groups (broad SMARTS) is 2. The monoisotopic (exact) mass is 775 g/mol. The van der Waals surface area contributed by atoms with Gasteiger partial charge in [-0.3, -0.25) is 28.8 Å². The van der Waals surface area contributed by atoms with Crippen LogP contribution in [0.25, 0.3) is 0 Å². The molecule has 0 aliphatic heterocycles. The van der Waals surface area contributed by atoms with Gasteiger partial charge < -0.3 is 41.9 Å². The zero-order chi connectivity index (χ0) is 41.4. The molecule has 0 fully saturated rings. The van der Waals surface area contributed by atoms with Gasteiger partial charge >= 0.3 is 11.9 Å². The number of amides is 5. The number of hydrogen-bond donors (Lipinski definition) is 8. The summed E-state index contributed by atoms with van der Waals surface area (Å²) in [6.45, 7) is 8.16. The van der Waals surface area contributed by atoms with Crippen molar-refractivity contribution < 1.29 is 57.7 Å². The van der Waals surface area contributed by atoms with Crippen LogP contribution < -0.4 is 26.6 Å². The van der Waals surface area contributed by atoms with Gasteiger partial charge in [-0.05, 0) is 48.8 Å². The second-order valence-electron chi connectivity index (χ2n) is 14.1. The lowest BCUT2D eigenvalue weighted by Gasteiger charge is -2.28. The molecule has 6 atom stereocenters. The van der Waals surface area contributed by atoms with Gasteiger partial charge in [0.15, 0.2) is 0 Å². The van der Waals surface area contributed by atoms with Gasteiger partial charge in [-0.1, -0.05) is 64.1 Å². The fourth-order valence-corrected chi connectivity index (χ4v) is 5.54. The van der Waals surface area contributed by atoms with Crippen molar-refractivity contribution in [1.29, 1.82) is 0 Å². The van der Waals surface area contributed by atoms with Crippen molar-refractivity contribution in [2.24, 2.45) is 11.8 Å². The summed E-state index contributed by atoms with van der Waals surface area (Å²) in [5, 5.41) is 42.1. The summed E-state index contributed by atoms with van der Waals surface area (Å²) in [6, 6.07) is 4.90. The maximum atomic E-state index is 14.1. The molecule has 2 aromatic carbocycles. The Morgan fingerprint density at radius 2 is 1.36 bits per heavy atom. The van der Waals surface area contributed by atoms with Gasteiger partial charge in [0.05, 0.1) is 25.0 Å². The van der Waals surface area contributed by atoms with Crippen molar-refractivity contribution in [3.8, 4) is 0 Å². The molecule has 0 bridgehead atoms. The van der Waals surface area contributed by atoms with E-state index in [-0.39, 0.29) is 30.7 Å². The van der Waals surface area contributed by atoms with E-state index in [1.807, 2.05) is 13.8 Å². The quantitative estimate of drug-likeness (QED) is 0.0860.